The summed E-state index contributed by atoms with van der Waals surface area (Å²) in [6.45, 7) is 9.14. The lowest BCUT2D eigenvalue weighted by atomic mass is 10.0. The van der Waals surface area contributed by atoms with Crippen LogP contribution in [-0.2, 0) is 9.53 Å². The van der Waals surface area contributed by atoms with E-state index in [0.717, 1.165) is 0 Å². The topological polar surface area (TPSA) is 82.5 Å². The first kappa shape index (κ1) is 15.5. The summed E-state index contributed by atoms with van der Waals surface area (Å²) in [5.41, 5.74) is -0.622. The molecule has 6 heteroatoms. The summed E-state index contributed by atoms with van der Waals surface area (Å²) in [7, 11) is 0. The zero-order valence-corrected chi connectivity index (χ0v) is 12.1. The normalized spacial score (nSPS) is 17.1. The number of carbonyl (C=O) groups excluding carboxylic acids is 2. The maximum Gasteiger partial charge on any atom is 0.352 e. The van der Waals surface area contributed by atoms with E-state index in [1.54, 1.807) is 25.7 Å². The SMILES string of the molecule is CC(CC(=N)C(=O)OC(C)(C)C)CN1CCNC1=O. The summed E-state index contributed by atoms with van der Waals surface area (Å²) in [5, 5.41) is 10.5. The van der Waals surface area contributed by atoms with Crippen LogP contribution in [0.4, 0.5) is 4.79 Å². The molecule has 1 aliphatic rings. The molecule has 0 bridgehead atoms. The molecule has 0 aliphatic carbocycles. The van der Waals surface area contributed by atoms with Crippen molar-refractivity contribution in [2.24, 2.45) is 5.92 Å². The second-order valence-corrected chi connectivity index (χ2v) is 5.97. The van der Waals surface area contributed by atoms with Gasteiger partial charge in [-0.1, -0.05) is 6.92 Å². The number of ether oxygens (including phenoxy) is 1. The van der Waals surface area contributed by atoms with Gasteiger partial charge in [-0.25, -0.2) is 9.59 Å². The van der Waals surface area contributed by atoms with Gasteiger partial charge in [0.05, 0.1) is 0 Å². The Kier molecular flexibility index (Phi) is 4.91. The predicted molar refractivity (Wildman–Crippen MR) is 72.3 cm³/mol. The first-order valence-corrected chi connectivity index (χ1v) is 6.52. The van der Waals surface area contributed by atoms with E-state index >= 15 is 0 Å². The Morgan fingerprint density at radius 1 is 1.53 bits per heavy atom. The van der Waals surface area contributed by atoms with Crippen LogP contribution in [0.25, 0.3) is 0 Å². The highest BCUT2D eigenvalue weighted by Crippen LogP contribution is 2.12. The molecule has 0 radical (unpaired) electrons. The minimum Gasteiger partial charge on any atom is -0.456 e. The van der Waals surface area contributed by atoms with E-state index in [2.05, 4.69) is 5.32 Å². The van der Waals surface area contributed by atoms with Gasteiger partial charge in [0.25, 0.3) is 0 Å². The molecule has 0 aromatic carbocycles. The van der Waals surface area contributed by atoms with Gasteiger partial charge in [-0.05, 0) is 26.7 Å². The van der Waals surface area contributed by atoms with E-state index in [1.165, 1.54) is 0 Å². The number of hydrogen-bond donors (Lipinski definition) is 2. The van der Waals surface area contributed by atoms with E-state index in [1.807, 2.05) is 6.92 Å². The van der Waals surface area contributed by atoms with Gasteiger partial charge in [0, 0.05) is 26.1 Å². The molecule has 0 spiro atoms. The van der Waals surface area contributed by atoms with Crippen molar-refractivity contribution < 1.29 is 14.3 Å². The standard InChI is InChI=1S/C13H23N3O3/c1-9(8-16-6-5-15-12(16)18)7-10(14)11(17)19-13(2,3)4/h9,14H,5-8H2,1-4H3,(H,15,18). The highest BCUT2D eigenvalue weighted by atomic mass is 16.6. The van der Waals surface area contributed by atoms with Crippen LogP contribution in [0.3, 0.4) is 0 Å². The first-order valence-electron chi connectivity index (χ1n) is 6.52. The summed E-state index contributed by atoms with van der Waals surface area (Å²) < 4.78 is 5.14. The fourth-order valence-corrected chi connectivity index (χ4v) is 1.90. The molecule has 6 nitrogen and oxygen atoms in total. The smallest absolute Gasteiger partial charge is 0.352 e. The minimum absolute atomic E-state index is 0.0398. The number of hydrogen-bond acceptors (Lipinski definition) is 4. The number of nitrogens with zero attached hydrogens (tertiary/aromatic N) is 1. The van der Waals surface area contributed by atoms with Crippen LogP contribution in [0.5, 0.6) is 0 Å². The highest BCUT2D eigenvalue weighted by Gasteiger charge is 2.25. The maximum atomic E-state index is 11.7. The van der Waals surface area contributed by atoms with Gasteiger partial charge in [0.1, 0.15) is 11.3 Å². The lowest BCUT2D eigenvalue weighted by Crippen LogP contribution is -2.34. The number of carbonyl (C=O) groups is 2. The number of urea groups is 1. The molecule has 1 rings (SSSR count). The van der Waals surface area contributed by atoms with E-state index in [9.17, 15) is 9.59 Å². The summed E-state index contributed by atoms with van der Waals surface area (Å²) >= 11 is 0. The van der Waals surface area contributed by atoms with Crippen molar-refractivity contribution in [2.45, 2.75) is 39.7 Å². The Morgan fingerprint density at radius 2 is 2.16 bits per heavy atom. The molecule has 1 unspecified atom stereocenters. The maximum absolute atomic E-state index is 11.7. The average molecular weight is 269 g/mol. The molecular formula is C13H23N3O3. The fourth-order valence-electron chi connectivity index (χ4n) is 1.90. The lowest BCUT2D eigenvalue weighted by molar-refractivity contribution is -0.146. The number of amides is 2. The summed E-state index contributed by atoms with van der Waals surface area (Å²) in [6.07, 6.45) is 0.318. The van der Waals surface area contributed by atoms with Gasteiger partial charge in [-0.2, -0.15) is 0 Å². The van der Waals surface area contributed by atoms with Crippen molar-refractivity contribution in [1.82, 2.24) is 10.2 Å². The number of nitrogens with one attached hydrogen (secondary N) is 2. The lowest BCUT2D eigenvalue weighted by Gasteiger charge is -2.22. The van der Waals surface area contributed by atoms with Crippen LogP contribution in [0.1, 0.15) is 34.1 Å². The van der Waals surface area contributed by atoms with Crippen LogP contribution >= 0.6 is 0 Å². The second kappa shape index (κ2) is 6.04. The Hall–Kier alpha value is -1.59. The van der Waals surface area contributed by atoms with Crippen molar-refractivity contribution in [3.63, 3.8) is 0 Å². The van der Waals surface area contributed by atoms with Crippen molar-refractivity contribution in [3.05, 3.63) is 0 Å². The molecule has 1 aliphatic heterocycles. The third-order valence-corrected chi connectivity index (χ3v) is 2.68. The van der Waals surface area contributed by atoms with Crippen molar-refractivity contribution in [1.29, 1.82) is 5.41 Å². The first-order chi connectivity index (χ1) is 8.69. The van der Waals surface area contributed by atoms with Gasteiger partial charge in [0.2, 0.25) is 0 Å². The Morgan fingerprint density at radius 3 is 2.63 bits per heavy atom. The van der Waals surface area contributed by atoms with Gasteiger partial charge in [-0.3, -0.25) is 5.41 Å². The molecule has 0 aromatic heterocycles. The summed E-state index contributed by atoms with van der Waals surface area (Å²) in [4.78, 5) is 24.7. The third kappa shape index (κ3) is 5.28. The van der Waals surface area contributed by atoms with Crippen LogP contribution < -0.4 is 5.32 Å². The molecule has 1 fully saturated rings. The zero-order chi connectivity index (χ0) is 14.6. The largest absolute Gasteiger partial charge is 0.456 e. The summed E-state index contributed by atoms with van der Waals surface area (Å²) in [6, 6.07) is -0.0735. The predicted octanol–water partition coefficient (Wildman–Crippen LogP) is 1.40. The number of rotatable bonds is 5. The fraction of sp³-hybridized carbons (Fsp3) is 0.769. The number of esters is 1. The molecule has 108 valence electrons. The van der Waals surface area contributed by atoms with Crippen molar-refractivity contribution in [2.75, 3.05) is 19.6 Å². The molecule has 2 N–H and O–H groups in total. The van der Waals surface area contributed by atoms with Crippen LogP contribution in [0.15, 0.2) is 0 Å². The Balaban J connectivity index is 2.39. The minimum atomic E-state index is -0.582. The third-order valence-electron chi connectivity index (χ3n) is 2.68. The van der Waals surface area contributed by atoms with E-state index < -0.39 is 11.6 Å². The van der Waals surface area contributed by atoms with Crippen LogP contribution in [-0.4, -0.2) is 47.8 Å². The van der Waals surface area contributed by atoms with E-state index in [-0.39, 0.29) is 17.7 Å². The van der Waals surface area contributed by atoms with Gasteiger partial charge >= 0.3 is 12.0 Å². The second-order valence-electron chi connectivity index (χ2n) is 5.97. The molecule has 0 aromatic rings. The molecular weight excluding hydrogens is 246 g/mol. The van der Waals surface area contributed by atoms with Gasteiger partial charge < -0.3 is 15.0 Å². The quantitative estimate of drug-likeness (QED) is 0.584. The van der Waals surface area contributed by atoms with Crippen molar-refractivity contribution >= 4 is 17.7 Å². The zero-order valence-electron chi connectivity index (χ0n) is 12.1. The van der Waals surface area contributed by atoms with E-state index in [0.29, 0.717) is 26.1 Å². The van der Waals surface area contributed by atoms with Crippen molar-refractivity contribution in [3.8, 4) is 0 Å². The molecule has 1 saturated heterocycles. The van der Waals surface area contributed by atoms with Crippen LogP contribution in [0.2, 0.25) is 0 Å². The highest BCUT2D eigenvalue weighted by molar-refractivity contribution is 6.35. The summed E-state index contributed by atoms with van der Waals surface area (Å²) in [5.74, 6) is -0.519. The molecule has 2 amide bonds. The average Bonchev–Trinajstić information content (AvgIpc) is 2.61. The molecule has 19 heavy (non-hydrogen) atoms. The monoisotopic (exact) mass is 269 g/mol. The van der Waals surface area contributed by atoms with Gasteiger partial charge in [-0.15, -0.1) is 0 Å². The van der Waals surface area contributed by atoms with Crippen LogP contribution in [0, 0.1) is 11.3 Å². The molecule has 1 atom stereocenters. The Labute approximate surface area is 114 Å². The molecule has 1 heterocycles. The molecule has 0 saturated carbocycles. The Bertz CT molecular complexity index is 374. The van der Waals surface area contributed by atoms with Gasteiger partial charge in [0.15, 0.2) is 0 Å². The van der Waals surface area contributed by atoms with E-state index in [4.69, 9.17) is 10.1 Å².